The Balaban J connectivity index is 1.79. The highest BCUT2D eigenvalue weighted by Gasteiger charge is 2.22. The summed E-state index contributed by atoms with van der Waals surface area (Å²) in [6.45, 7) is 8.96. The van der Waals surface area contributed by atoms with Gasteiger partial charge in [0, 0.05) is 12.3 Å². The van der Waals surface area contributed by atoms with Gasteiger partial charge in [-0.1, -0.05) is 18.2 Å². The van der Waals surface area contributed by atoms with Gasteiger partial charge in [-0.25, -0.2) is 9.78 Å². The van der Waals surface area contributed by atoms with Crippen LogP contribution in [0.1, 0.15) is 45.6 Å². The van der Waals surface area contributed by atoms with Crippen molar-refractivity contribution in [2.75, 3.05) is 4.90 Å². The van der Waals surface area contributed by atoms with Crippen molar-refractivity contribution in [1.29, 1.82) is 0 Å². The van der Waals surface area contributed by atoms with Crippen molar-refractivity contribution < 1.29 is 18.7 Å². The van der Waals surface area contributed by atoms with Crippen LogP contribution in [0.2, 0.25) is 0 Å². The number of thiazole rings is 1. The average Bonchev–Trinajstić information content (AvgIpc) is 3.21. The summed E-state index contributed by atoms with van der Waals surface area (Å²) in [6.07, 6.45) is 0. The van der Waals surface area contributed by atoms with E-state index in [1.54, 1.807) is 30.2 Å². The zero-order valence-electron chi connectivity index (χ0n) is 16.5. The van der Waals surface area contributed by atoms with Gasteiger partial charge < -0.3 is 9.15 Å². The summed E-state index contributed by atoms with van der Waals surface area (Å²) >= 11 is 1.34. The molecule has 0 aliphatic carbocycles. The summed E-state index contributed by atoms with van der Waals surface area (Å²) in [4.78, 5) is 30.7. The molecular weight excluding hydrogens is 376 g/mol. The zero-order valence-corrected chi connectivity index (χ0v) is 17.3. The molecule has 0 saturated heterocycles. The number of para-hydroxylation sites is 1. The monoisotopic (exact) mass is 398 g/mol. The summed E-state index contributed by atoms with van der Waals surface area (Å²) in [6, 6.07) is 7.54. The van der Waals surface area contributed by atoms with Crippen LogP contribution in [0.4, 0.5) is 10.8 Å². The van der Waals surface area contributed by atoms with E-state index < -0.39 is 5.97 Å². The molecule has 0 bridgehead atoms. The Morgan fingerprint density at radius 1 is 1.18 bits per heavy atom. The van der Waals surface area contributed by atoms with E-state index in [9.17, 15) is 9.59 Å². The fraction of sp³-hybridized carbons (Fsp3) is 0.286. The average molecular weight is 398 g/mol. The quantitative estimate of drug-likeness (QED) is 0.565. The predicted molar refractivity (Wildman–Crippen MR) is 108 cm³/mol. The molecule has 3 rings (SSSR count). The minimum absolute atomic E-state index is 0.0253. The van der Waals surface area contributed by atoms with Crippen molar-refractivity contribution in [2.24, 2.45) is 0 Å². The summed E-state index contributed by atoms with van der Waals surface area (Å²) in [5.41, 5.74) is 3.81. The maximum atomic E-state index is 12.3. The van der Waals surface area contributed by atoms with Gasteiger partial charge in [0.1, 0.15) is 23.7 Å². The molecule has 2 heterocycles. The number of anilines is 2. The first kappa shape index (κ1) is 19.8. The standard InChI is InChI=1S/C21H22N2O4S/c1-12-7-6-8-13(2)19(12)23(16(5)24)21-22-17(11-28-21)10-26-20(25)18-9-14(3)27-15(18)4/h6-9,11H,10H2,1-5H3. The van der Waals surface area contributed by atoms with Gasteiger partial charge in [0.15, 0.2) is 5.13 Å². The fourth-order valence-electron chi connectivity index (χ4n) is 3.06. The molecule has 0 N–H and O–H groups in total. The first-order chi connectivity index (χ1) is 13.3. The number of nitrogens with zero attached hydrogens (tertiary/aromatic N) is 2. The molecule has 146 valence electrons. The SMILES string of the molecule is CC(=O)N(c1nc(COC(=O)c2cc(C)oc2C)cs1)c1c(C)cccc1C. The number of aromatic nitrogens is 1. The van der Waals surface area contributed by atoms with Crippen LogP contribution in [0.3, 0.4) is 0 Å². The highest BCUT2D eigenvalue weighted by Crippen LogP contribution is 2.33. The van der Waals surface area contributed by atoms with Crippen molar-refractivity contribution in [1.82, 2.24) is 4.98 Å². The van der Waals surface area contributed by atoms with E-state index in [0.29, 0.717) is 27.9 Å². The molecule has 0 aliphatic rings. The first-order valence-electron chi connectivity index (χ1n) is 8.83. The Labute approximate surface area is 167 Å². The highest BCUT2D eigenvalue weighted by atomic mass is 32.1. The lowest BCUT2D eigenvalue weighted by Crippen LogP contribution is -2.24. The number of carbonyl (C=O) groups excluding carboxylic acids is 2. The largest absolute Gasteiger partial charge is 0.466 e. The molecule has 0 aliphatic heterocycles. The molecule has 0 atom stereocenters. The number of aryl methyl sites for hydroxylation is 4. The second kappa shape index (κ2) is 7.98. The third kappa shape index (κ3) is 3.99. The molecule has 0 saturated carbocycles. The lowest BCUT2D eigenvalue weighted by Gasteiger charge is -2.22. The van der Waals surface area contributed by atoms with Crippen LogP contribution in [0.25, 0.3) is 0 Å². The number of rotatable bonds is 5. The number of hydrogen-bond donors (Lipinski definition) is 0. The third-order valence-corrected chi connectivity index (χ3v) is 5.20. The van der Waals surface area contributed by atoms with Crippen LogP contribution in [0, 0.1) is 27.7 Å². The van der Waals surface area contributed by atoms with Crippen molar-refractivity contribution >= 4 is 34.0 Å². The Kier molecular flexibility index (Phi) is 5.65. The van der Waals surface area contributed by atoms with Crippen LogP contribution in [0.15, 0.2) is 34.1 Å². The van der Waals surface area contributed by atoms with Gasteiger partial charge in [-0.3, -0.25) is 9.69 Å². The number of furan rings is 1. The van der Waals surface area contributed by atoms with E-state index in [-0.39, 0.29) is 12.5 Å². The summed E-state index contributed by atoms with van der Waals surface area (Å²) in [5, 5.41) is 2.34. The molecule has 0 spiro atoms. The number of hydrogen-bond acceptors (Lipinski definition) is 6. The molecule has 6 nitrogen and oxygen atoms in total. The van der Waals surface area contributed by atoms with Crippen molar-refractivity contribution in [3.05, 3.63) is 63.6 Å². The van der Waals surface area contributed by atoms with Gasteiger partial charge in [0.25, 0.3) is 0 Å². The fourth-order valence-corrected chi connectivity index (χ4v) is 3.92. The van der Waals surface area contributed by atoms with Gasteiger partial charge in [0.05, 0.1) is 11.4 Å². The molecular formula is C21H22N2O4S. The van der Waals surface area contributed by atoms with Crippen LogP contribution < -0.4 is 4.90 Å². The summed E-state index contributed by atoms with van der Waals surface area (Å²) in [7, 11) is 0. The van der Waals surface area contributed by atoms with Crippen molar-refractivity contribution in [3.8, 4) is 0 Å². The summed E-state index contributed by atoms with van der Waals surface area (Å²) < 4.78 is 10.7. The van der Waals surface area contributed by atoms with Gasteiger partial charge in [-0.15, -0.1) is 11.3 Å². The second-order valence-electron chi connectivity index (χ2n) is 6.62. The van der Waals surface area contributed by atoms with Crippen LogP contribution in [-0.2, 0) is 16.1 Å². The number of benzene rings is 1. The number of carbonyl (C=O) groups is 2. The Hall–Kier alpha value is -2.93. The van der Waals surface area contributed by atoms with E-state index in [1.807, 2.05) is 32.0 Å². The second-order valence-corrected chi connectivity index (χ2v) is 7.46. The highest BCUT2D eigenvalue weighted by molar-refractivity contribution is 7.14. The molecule has 0 unspecified atom stereocenters. The molecule has 7 heteroatoms. The predicted octanol–water partition coefficient (Wildman–Crippen LogP) is 5.01. The normalized spacial score (nSPS) is 10.8. The topological polar surface area (TPSA) is 72.6 Å². The Bertz CT molecular complexity index is 1010. The Morgan fingerprint density at radius 3 is 2.43 bits per heavy atom. The summed E-state index contributed by atoms with van der Waals surface area (Å²) in [5.74, 6) is 0.604. The van der Waals surface area contributed by atoms with Gasteiger partial charge in [-0.05, 0) is 44.9 Å². The van der Waals surface area contributed by atoms with Gasteiger partial charge in [0.2, 0.25) is 5.91 Å². The molecule has 1 aromatic carbocycles. The number of ether oxygens (including phenoxy) is 1. The first-order valence-corrected chi connectivity index (χ1v) is 9.71. The lowest BCUT2D eigenvalue weighted by molar-refractivity contribution is -0.115. The third-order valence-electron chi connectivity index (χ3n) is 4.32. The van der Waals surface area contributed by atoms with Crippen molar-refractivity contribution in [2.45, 2.75) is 41.2 Å². The van der Waals surface area contributed by atoms with Gasteiger partial charge >= 0.3 is 5.97 Å². The van der Waals surface area contributed by atoms with E-state index >= 15 is 0 Å². The molecule has 3 aromatic rings. The van der Waals surface area contributed by atoms with Crippen LogP contribution in [0.5, 0.6) is 0 Å². The van der Waals surface area contributed by atoms with Crippen LogP contribution >= 0.6 is 11.3 Å². The van der Waals surface area contributed by atoms with Crippen molar-refractivity contribution in [3.63, 3.8) is 0 Å². The molecule has 1 amide bonds. The van der Waals surface area contributed by atoms with Gasteiger partial charge in [-0.2, -0.15) is 0 Å². The maximum Gasteiger partial charge on any atom is 0.342 e. The van der Waals surface area contributed by atoms with E-state index in [2.05, 4.69) is 4.98 Å². The number of esters is 1. The number of amides is 1. The van der Waals surface area contributed by atoms with E-state index in [0.717, 1.165) is 16.8 Å². The zero-order chi connectivity index (χ0) is 20.4. The molecule has 2 aromatic heterocycles. The smallest absolute Gasteiger partial charge is 0.342 e. The minimum atomic E-state index is -0.456. The van der Waals surface area contributed by atoms with E-state index in [4.69, 9.17) is 9.15 Å². The van der Waals surface area contributed by atoms with E-state index in [1.165, 1.54) is 18.3 Å². The van der Waals surface area contributed by atoms with Crippen LogP contribution in [-0.4, -0.2) is 16.9 Å². The minimum Gasteiger partial charge on any atom is -0.466 e. The molecule has 0 radical (unpaired) electrons. The lowest BCUT2D eigenvalue weighted by atomic mass is 10.1. The Morgan fingerprint density at radius 2 is 1.86 bits per heavy atom. The molecule has 0 fully saturated rings. The maximum absolute atomic E-state index is 12.3. The molecule has 28 heavy (non-hydrogen) atoms.